The number of halogens is 1. The second-order valence-corrected chi connectivity index (χ2v) is 5.85. The maximum absolute atomic E-state index is 13.0. The first-order valence-corrected chi connectivity index (χ1v) is 8.06. The molecular formula is C21H19FN2O. The highest BCUT2D eigenvalue weighted by Gasteiger charge is 2.20. The molecule has 3 aromatic carbocycles. The lowest BCUT2D eigenvalue weighted by molar-refractivity contribution is -0.117. The number of amides is 1. The molecule has 1 amide bonds. The number of nitrogens with one attached hydrogen (secondary N) is 2. The average molecular weight is 334 g/mol. The molecule has 0 saturated heterocycles. The highest BCUT2D eigenvalue weighted by molar-refractivity contribution is 5.97. The topological polar surface area (TPSA) is 41.1 Å². The van der Waals surface area contributed by atoms with Crippen molar-refractivity contribution in [2.24, 2.45) is 0 Å². The van der Waals surface area contributed by atoms with E-state index in [1.807, 2.05) is 61.5 Å². The van der Waals surface area contributed by atoms with Crippen LogP contribution in [0.3, 0.4) is 0 Å². The lowest BCUT2D eigenvalue weighted by Gasteiger charge is -2.20. The van der Waals surface area contributed by atoms with E-state index in [2.05, 4.69) is 10.6 Å². The van der Waals surface area contributed by atoms with E-state index in [4.69, 9.17) is 0 Å². The van der Waals surface area contributed by atoms with Crippen molar-refractivity contribution in [3.63, 3.8) is 0 Å². The second-order valence-electron chi connectivity index (χ2n) is 5.85. The predicted octanol–water partition coefficient (Wildman–Crippen LogP) is 4.93. The van der Waals surface area contributed by atoms with Gasteiger partial charge in [-0.15, -0.1) is 0 Å². The highest BCUT2D eigenvalue weighted by Crippen LogP contribution is 2.22. The van der Waals surface area contributed by atoms with Crippen LogP contribution < -0.4 is 10.6 Å². The van der Waals surface area contributed by atoms with E-state index in [1.165, 1.54) is 12.1 Å². The van der Waals surface area contributed by atoms with Crippen LogP contribution in [0.4, 0.5) is 15.8 Å². The fourth-order valence-corrected chi connectivity index (χ4v) is 2.59. The van der Waals surface area contributed by atoms with Crippen LogP contribution in [0.25, 0.3) is 0 Å². The van der Waals surface area contributed by atoms with E-state index >= 15 is 0 Å². The minimum absolute atomic E-state index is 0.209. The lowest BCUT2D eigenvalue weighted by atomic mass is 10.1. The number of carbonyl (C=O) groups is 1. The monoisotopic (exact) mass is 334 g/mol. The average Bonchev–Trinajstić information content (AvgIpc) is 2.62. The van der Waals surface area contributed by atoms with Crippen LogP contribution in [0, 0.1) is 12.7 Å². The first kappa shape index (κ1) is 16.7. The molecule has 25 heavy (non-hydrogen) atoms. The van der Waals surface area contributed by atoms with Crippen molar-refractivity contribution >= 4 is 17.3 Å². The minimum atomic E-state index is -0.562. The fourth-order valence-electron chi connectivity index (χ4n) is 2.59. The quantitative estimate of drug-likeness (QED) is 0.695. The van der Waals surface area contributed by atoms with E-state index in [-0.39, 0.29) is 11.7 Å². The number of hydrogen-bond acceptors (Lipinski definition) is 2. The molecule has 126 valence electrons. The molecular weight excluding hydrogens is 315 g/mol. The molecule has 0 spiro atoms. The number of aryl methyl sites for hydroxylation is 1. The molecule has 0 aromatic heterocycles. The smallest absolute Gasteiger partial charge is 0.251 e. The van der Waals surface area contributed by atoms with Gasteiger partial charge >= 0.3 is 0 Å². The third-order valence-electron chi connectivity index (χ3n) is 3.84. The van der Waals surface area contributed by atoms with Gasteiger partial charge in [0, 0.05) is 11.4 Å². The van der Waals surface area contributed by atoms with E-state index in [0.29, 0.717) is 5.69 Å². The summed E-state index contributed by atoms with van der Waals surface area (Å²) in [7, 11) is 0. The van der Waals surface area contributed by atoms with Gasteiger partial charge in [0.1, 0.15) is 11.9 Å². The maximum Gasteiger partial charge on any atom is 0.251 e. The zero-order valence-corrected chi connectivity index (χ0v) is 13.9. The number of benzene rings is 3. The van der Waals surface area contributed by atoms with Gasteiger partial charge < -0.3 is 10.6 Å². The van der Waals surface area contributed by atoms with Crippen LogP contribution in [0.5, 0.6) is 0 Å². The van der Waals surface area contributed by atoms with E-state index < -0.39 is 6.04 Å². The van der Waals surface area contributed by atoms with Crippen molar-refractivity contribution in [2.45, 2.75) is 13.0 Å². The standard InChI is InChI=1S/C21H19FN2O/c1-15-6-5-9-19(14-15)23-20(16-7-3-2-4-8-16)21(25)24-18-12-10-17(22)11-13-18/h2-14,20,23H,1H3,(H,24,25). The van der Waals surface area contributed by atoms with Gasteiger partial charge in [0.2, 0.25) is 0 Å². The van der Waals surface area contributed by atoms with Crippen LogP contribution in [0.2, 0.25) is 0 Å². The van der Waals surface area contributed by atoms with Crippen molar-refractivity contribution in [2.75, 3.05) is 10.6 Å². The van der Waals surface area contributed by atoms with E-state index in [9.17, 15) is 9.18 Å². The lowest BCUT2D eigenvalue weighted by Crippen LogP contribution is -2.27. The van der Waals surface area contributed by atoms with E-state index in [1.54, 1.807) is 12.1 Å². The molecule has 0 bridgehead atoms. The SMILES string of the molecule is Cc1cccc(NC(C(=O)Nc2ccc(F)cc2)c2ccccc2)c1. The Morgan fingerprint density at radius 2 is 1.60 bits per heavy atom. The van der Waals surface area contributed by atoms with Crippen LogP contribution in [-0.2, 0) is 4.79 Å². The first-order chi connectivity index (χ1) is 12.1. The number of hydrogen-bond donors (Lipinski definition) is 2. The van der Waals surface area contributed by atoms with Crippen molar-refractivity contribution in [1.82, 2.24) is 0 Å². The minimum Gasteiger partial charge on any atom is -0.370 e. The summed E-state index contributed by atoms with van der Waals surface area (Å²) < 4.78 is 13.0. The van der Waals surface area contributed by atoms with Crippen molar-refractivity contribution < 1.29 is 9.18 Å². The molecule has 0 aliphatic heterocycles. The Morgan fingerprint density at radius 3 is 2.28 bits per heavy atom. The van der Waals surface area contributed by atoms with Crippen LogP contribution in [0.15, 0.2) is 78.9 Å². The molecule has 0 heterocycles. The molecule has 0 aliphatic carbocycles. The molecule has 3 rings (SSSR count). The molecule has 1 atom stereocenters. The van der Waals surface area contributed by atoms with Gasteiger partial charge in [-0.1, -0.05) is 42.5 Å². The largest absolute Gasteiger partial charge is 0.370 e. The molecule has 4 heteroatoms. The van der Waals surface area contributed by atoms with Gasteiger partial charge in [0.15, 0.2) is 0 Å². The molecule has 3 nitrogen and oxygen atoms in total. The molecule has 0 radical (unpaired) electrons. The summed E-state index contributed by atoms with van der Waals surface area (Å²) in [5.74, 6) is -0.546. The van der Waals surface area contributed by atoms with Crippen LogP contribution in [0.1, 0.15) is 17.2 Å². The summed E-state index contributed by atoms with van der Waals surface area (Å²) >= 11 is 0. The maximum atomic E-state index is 13.0. The zero-order valence-electron chi connectivity index (χ0n) is 13.9. The Balaban J connectivity index is 1.85. The summed E-state index contributed by atoms with van der Waals surface area (Å²) in [6.45, 7) is 2.00. The number of carbonyl (C=O) groups excluding carboxylic acids is 1. The molecule has 0 saturated carbocycles. The van der Waals surface area contributed by atoms with Gasteiger partial charge in [0.05, 0.1) is 0 Å². The fraction of sp³-hybridized carbons (Fsp3) is 0.0952. The molecule has 3 aromatic rings. The van der Waals surface area contributed by atoms with Crippen LogP contribution >= 0.6 is 0 Å². The van der Waals surface area contributed by atoms with Gasteiger partial charge in [-0.25, -0.2) is 4.39 Å². The number of anilines is 2. The summed E-state index contributed by atoms with van der Waals surface area (Å²) in [5.41, 5.74) is 3.38. The molecule has 0 fully saturated rings. The van der Waals surface area contributed by atoms with Gasteiger partial charge in [-0.3, -0.25) is 4.79 Å². The predicted molar refractivity (Wildman–Crippen MR) is 99.0 cm³/mol. The zero-order chi connectivity index (χ0) is 17.6. The Kier molecular flexibility index (Phi) is 5.09. The summed E-state index contributed by atoms with van der Waals surface area (Å²) in [6, 6.07) is 22.5. The second kappa shape index (κ2) is 7.62. The van der Waals surface area contributed by atoms with Crippen LogP contribution in [-0.4, -0.2) is 5.91 Å². The molecule has 1 unspecified atom stereocenters. The summed E-state index contributed by atoms with van der Waals surface area (Å²) in [4.78, 5) is 12.8. The Morgan fingerprint density at radius 1 is 0.880 bits per heavy atom. The van der Waals surface area contributed by atoms with Gasteiger partial charge in [-0.05, 0) is 54.4 Å². The number of rotatable bonds is 5. The molecule has 0 aliphatic rings. The molecule has 2 N–H and O–H groups in total. The third kappa shape index (κ3) is 4.44. The van der Waals surface area contributed by atoms with Gasteiger partial charge in [0.25, 0.3) is 5.91 Å². The van der Waals surface area contributed by atoms with E-state index in [0.717, 1.165) is 16.8 Å². The van der Waals surface area contributed by atoms with Crippen molar-refractivity contribution in [3.8, 4) is 0 Å². The van der Waals surface area contributed by atoms with Gasteiger partial charge in [-0.2, -0.15) is 0 Å². The normalized spacial score (nSPS) is 11.6. The van der Waals surface area contributed by atoms with Crippen molar-refractivity contribution in [3.05, 3.63) is 95.8 Å². The Bertz CT molecular complexity index is 847. The third-order valence-corrected chi connectivity index (χ3v) is 3.84. The highest BCUT2D eigenvalue weighted by atomic mass is 19.1. The Hall–Kier alpha value is -3.14. The van der Waals surface area contributed by atoms with Crippen molar-refractivity contribution in [1.29, 1.82) is 0 Å². The summed E-state index contributed by atoms with van der Waals surface area (Å²) in [6.07, 6.45) is 0. The first-order valence-electron chi connectivity index (χ1n) is 8.06. The Labute approximate surface area is 146 Å². The summed E-state index contributed by atoms with van der Waals surface area (Å²) in [5, 5.41) is 6.12.